The van der Waals surface area contributed by atoms with Crippen molar-refractivity contribution >= 4 is 51.9 Å². The van der Waals surface area contributed by atoms with Crippen molar-refractivity contribution in [1.82, 2.24) is 0 Å². The number of ether oxygens (including phenoxy) is 2. The number of nitrogens with zero attached hydrogens (tertiary/aromatic N) is 1. The molecule has 30 heavy (non-hydrogen) atoms. The molecule has 8 heteroatoms. The Morgan fingerprint density at radius 3 is 2.73 bits per heavy atom. The molecule has 0 radical (unpaired) electrons. The van der Waals surface area contributed by atoms with Gasteiger partial charge in [-0.15, -0.1) is 0 Å². The second-order valence-corrected chi connectivity index (χ2v) is 7.80. The van der Waals surface area contributed by atoms with Gasteiger partial charge in [-0.2, -0.15) is 0 Å². The van der Waals surface area contributed by atoms with E-state index >= 15 is 0 Å². The zero-order chi connectivity index (χ0) is 21.1. The van der Waals surface area contributed by atoms with Gasteiger partial charge in [-0.1, -0.05) is 48.2 Å². The molecule has 4 rings (SSSR count). The number of carbonyl (C=O) groups excluding carboxylic acids is 2. The van der Waals surface area contributed by atoms with E-state index in [-0.39, 0.29) is 11.7 Å². The molecule has 2 aromatic carbocycles. The highest BCUT2D eigenvalue weighted by Crippen LogP contribution is 2.39. The highest BCUT2D eigenvalue weighted by atomic mass is 32.2. The van der Waals surface area contributed by atoms with Gasteiger partial charge in [0.15, 0.2) is 4.32 Å². The van der Waals surface area contributed by atoms with Crippen molar-refractivity contribution in [2.75, 3.05) is 12.0 Å². The first-order valence-corrected chi connectivity index (χ1v) is 10.1. The van der Waals surface area contributed by atoms with E-state index in [1.54, 1.807) is 55.7 Å². The minimum Gasteiger partial charge on any atom is -0.495 e. The molecule has 1 aromatic heterocycles. The normalized spacial score (nSPS) is 15.0. The second kappa shape index (κ2) is 8.56. The van der Waals surface area contributed by atoms with Gasteiger partial charge in [0.25, 0.3) is 5.91 Å². The molecular weight excluding hydrogens is 422 g/mol. The molecule has 0 spiro atoms. The number of hydrogen-bond acceptors (Lipinski definition) is 7. The van der Waals surface area contributed by atoms with Crippen LogP contribution in [0.2, 0.25) is 0 Å². The maximum Gasteiger partial charge on any atom is 0.379 e. The number of para-hydroxylation sites is 2. The number of thioether (sulfide) groups is 1. The lowest BCUT2D eigenvalue weighted by Gasteiger charge is -2.17. The summed E-state index contributed by atoms with van der Waals surface area (Å²) in [6.45, 7) is 0. The van der Waals surface area contributed by atoms with Crippen LogP contribution in [0.1, 0.15) is 16.1 Å². The van der Waals surface area contributed by atoms with Crippen molar-refractivity contribution in [3.63, 3.8) is 0 Å². The first kappa shape index (κ1) is 19.9. The summed E-state index contributed by atoms with van der Waals surface area (Å²) < 4.78 is 16.1. The van der Waals surface area contributed by atoms with Gasteiger partial charge in [0, 0.05) is 0 Å². The van der Waals surface area contributed by atoms with Crippen molar-refractivity contribution in [3.05, 3.63) is 83.2 Å². The average Bonchev–Trinajstić information content (AvgIpc) is 3.37. The van der Waals surface area contributed by atoms with Crippen LogP contribution in [0.4, 0.5) is 5.69 Å². The lowest BCUT2D eigenvalue weighted by Crippen LogP contribution is -2.27. The Balaban J connectivity index is 1.57. The molecular formula is C22H15NO5S2. The predicted molar refractivity (Wildman–Crippen MR) is 119 cm³/mol. The summed E-state index contributed by atoms with van der Waals surface area (Å²) >= 11 is 6.62. The molecule has 1 fully saturated rings. The minimum absolute atomic E-state index is 0.109. The van der Waals surface area contributed by atoms with Gasteiger partial charge < -0.3 is 13.9 Å². The summed E-state index contributed by atoms with van der Waals surface area (Å²) in [7, 11) is 1.54. The van der Waals surface area contributed by atoms with Gasteiger partial charge in [0.2, 0.25) is 5.76 Å². The zero-order valence-electron chi connectivity index (χ0n) is 15.7. The molecule has 6 nitrogen and oxygen atoms in total. The average molecular weight is 437 g/mol. The van der Waals surface area contributed by atoms with Gasteiger partial charge in [0.1, 0.15) is 11.5 Å². The number of furan rings is 1. The third kappa shape index (κ3) is 4.00. The fraction of sp³-hybridized carbons (Fsp3) is 0.0455. The van der Waals surface area contributed by atoms with Crippen molar-refractivity contribution in [2.45, 2.75) is 0 Å². The third-order valence-corrected chi connectivity index (χ3v) is 5.51. The fourth-order valence-electron chi connectivity index (χ4n) is 2.86. The number of anilines is 1. The zero-order valence-corrected chi connectivity index (χ0v) is 17.4. The van der Waals surface area contributed by atoms with Crippen LogP contribution in [-0.2, 0) is 4.79 Å². The summed E-state index contributed by atoms with van der Waals surface area (Å²) in [5, 5.41) is 0. The van der Waals surface area contributed by atoms with Gasteiger partial charge in [-0.3, -0.25) is 9.69 Å². The van der Waals surface area contributed by atoms with E-state index in [2.05, 4.69) is 0 Å². The summed E-state index contributed by atoms with van der Waals surface area (Å²) in [5.74, 6) is 0.164. The van der Waals surface area contributed by atoms with Crippen molar-refractivity contribution in [2.24, 2.45) is 0 Å². The van der Waals surface area contributed by atoms with Crippen LogP contribution in [-0.4, -0.2) is 23.3 Å². The first-order chi connectivity index (χ1) is 14.6. The predicted octanol–water partition coefficient (Wildman–Crippen LogP) is 4.91. The number of rotatable bonds is 5. The van der Waals surface area contributed by atoms with E-state index in [0.717, 1.165) is 0 Å². The smallest absolute Gasteiger partial charge is 0.379 e. The minimum atomic E-state index is -0.598. The fourth-order valence-corrected chi connectivity index (χ4v) is 4.15. The molecule has 0 atom stereocenters. The number of amides is 1. The van der Waals surface area contributed by atoms with Gasteiger partial charge in [-0.25, -0.2) is 4.79 Å². The molecule has 3 aromatic rings. The second-order valence-electron chi connectivity index (χ2n) is 6.13. The molecule has 2 heterocycles. The van der Waals surface area contributed by atoms with Crippen LogP contribution in [0.5, 0.6) is 11.5 Å². The van der Waals surface area contributed by atoms with E-state index < -0.39 is 5.97 Å². The Labute approximate surface area is 182 Å². The quantitative estimate of drug-likeness (QED) is 0.243. The van der Waals surface area contributed by atoms with Crippen molar-refractivity contribution in [3.8, 4) is 11.5 Å². The SMILES string of the molecule is COc1ccccc1N1C(=O)/C(=C/c2cccc(OC(=O)c3ccco3)c2)SC1=S. The molecule has 150 valence electrons. The number of methoxy groups -OCH3 is 1. The Bertz CT molecular complexity index is 1150. The van der Waals surface area contributed by atoms with Crippen molar-refractivity contribution < 1.29 is 23.5 Å². The standard InChI is InChI=1S/C22H15NO5S2/c1-26-17-9-3-2-8-16(17)23-20(24)19(30-22(23)29)13-14-6-4-7-15(12-14)28-21(25)18-10-5-11-27-18/h2-13H,1H3/b19-13-. The topological polar surface area (TPSA) is 69.0 Å². The molecule has 0 aliphatic carbocycles. The van der Waals surface area contributed by atoms with Gasteiger partial charge in [-0.05, 0) is 48.0 Å². The monoisotopic (exact) mass is 437 g/mol. The number of esters is 1. The number of benzene rings is 2. The maximum absolute atomic E-state index is 13.0. The molecule has 1 amide bonds. The molecule has 1 saturated heterocycles. The summed E-state index contributed by atoms with van der Waals surface area (Å²) in [6, 6.07) is 17.2. The molecule has 0 saturated carbocycles. The summed E-state index contributed by atoms with van der Waals surface area (Å²) in [4.78, 5) is 27.0. The molecule has 1 aliphatic heterocycles. The highest BCUT2D eigenvalue weighted by molar-refractivity contribution is 8.27. The summed E-state index contributed by atoms with van der Waals surface area (Å²) in [6.07, 6.45) is 3.11. The number of thiocarbonyl (C=S) groups is 1. The molecule has 0 bridgehead atoms. The molecule has 0 N–H and O–H groups in total. The maximum atomic E-state index is 13.0. The van der Waals surface area contributed by atoms with Gasteiger partial charge in [0.05, 0.1) is 24.0 Å². The Morgan fingerprint density at radius 2 is 1.97 bits per heavy atom. The number of carbonyl (C=O) groups is 2. The largest absolute Gasteiger partial charge is 0.495 e. The van der Waals surface area contributed by atoms with Crippen LogP contribution < -0.4 is 14.4 Å². The van der Waals surface area contributed by atoms with E-state index in [1.807, 2.05) is 12.1 Å². The van der Waals surface area contributed by atoms with E-state index in [0.29, 0.717) is 32.0 Å². The molecule has 0 unspecified atom stereocenters. The highest BCUT2D eigenvalue weighted by Gasteiger charge is 2.34. The van der Waals surface area contributed by atoms with Crippen LogP contribution in [0, 0.1) is 0 Å². The van der Waals surface area contributed by atoms with Crippen LogP contribution in [0.25, 0.3) is 6.08 Å². The van der Waals surface area contributed by atoms with Crippen LogP contribution in [0.3, 0.4) is 0 Å². The first-order valence-electron chi connectivity index (χ1n) is 8.83. The summed E-state index contributed by atoms with van der Waals surface area (Å²) in [5.41, 5.74) is 1.28. The van der Waals surface area contributed by atoms with E-state index in [4.69, 9.17) is 26.1 Å². The Kier molecular flexibility index (Phi) is 5.69. The molecule has 1 aliphatic rings. The van der Waals surface area contributed by atoms with E-state index in [9.17, 15) is 9.59 Å². The van der Waals surface area contributed by atoms with Crippen LogP contribution in [0.15, 0.2) is 76.2 Å². The lowest BCUT2D eigenvalue weighted by atomic mass is 10.2. The van der Waals surface area contributed by atoms with E-state index in [1.165, 1.54) is 29.0 Å². The Hall–Kier alpha value is -3.36. The van der Waals surface area contributed by atoms with Crippen molar-refractivity contribution in [1.29, 1.82) is 0 Å². The lowest BCUT2D eigenvalue weighted by molar-refractivity contribution is -0.113. The van der Waals surface area contributed by atoms with Crippen LogP contribution >= 0.6 is 24.0 Å². The van der Waals surface area contributed by atoms with Gasteiger partial charge >= 0.3 is 5.97 Å². The third-order valence-electron chi connectivity index (χ3n) is 4.21. The number of hydrogen-bond donors (Lipinski definition) is 0. The Morgan fingerprint density at radius 1 is 1.13 bits per heavy atom.